The van der Waals surface area contributed by atoms with Gasteiger partial charge in [-0.25, -0.2) is 0 Å². The summed E-state index contributed by atoms with van der Waals surface area (Å²) in [7, 11) is 1.69. The van der Waals surface area contributed by atoms with Gasteiger partial charge in [-0.15, -0.1) is 0 Å². The zero-order valence-electron chi connectivity index (χ0n) is 10.4. The Morgan fingerprint density at radius 3 is 2.59 bits per heavy atom. The summed E-state index contributed by atoms with van der Waals surface area (Å²) in [6, 6.07) is 7.70. The highest BCUT2D eigenvalue weighted by Crippen LogP contribution is 2.14. The molecule has 0 fully saturated rings. The molecule has 92 valence electrons. The normalized spacial score (nSPS) is 11.5. The summed E-state index contributed by atoms with van der Waals surface area (Å²) in [5.41, 5.74) is 6.26. The lowest BCUT2D eigenvalue weighted by Gasteiger charge is -2.14. The summed E-state index contributed by atoms with van der Waals surface area (Å²) < 4.78 is 10.7. The molecule has 0 spiro atoms. The second kappa shape index (κ2) is 7.72. The van der Waals surface area contributed by atoms with Gasteiger partial charge in [-0.3, -0.25) is 0 Å². The minimum atomic E-state index is 0.149. The third kappa shape index (κ3) is 5.39. The summed E-state index contributed by atoms with van der Waals surface area (Å²) in [6.07, 6.45) is 1.03. The molecule has 17 heavy (non-hydrogen) atoms. The second-order valence-corrected chi connectivity index (χ2v) is 3.74. The van der Waals surface area contributed by atoms with Crippen LogP contribution < -0.4 is 10.5 Å². The summed E-state index contributed by atoms with van der Waals surface area (Å²) in [6.45, 7) is 3.12. The zero-order chi connectivity index (χ0) is 12.5. The van der Waals surface area contributed by atoms with E-state index in [1.54, 1.807) is 7.11 Å². The SMILES string of the molecule is COCCC(C)Oc1ccc(C#CCN)cc1. The highest BCUT2D eigenvalue weighted by molar-refractivity contribution is 5.38. The Morgan fingerprint density at radius 1 is 1.29 bits per heavy atom. The van der Waals surface area contributed by atoms with E-state index in [2.05, 4.69) is 11.8 Å². The quantitative estimate of drug-likeness (QED) is 0.789. The van der Waals surface area contributed by atoms with E-state index in [0.717, 1.165) is 17.7 Å². The molecular weight excluding hydrogens is 214 g/mol. The predicted octanol–water partition coefficient (Wildman–Crippen LogP) is 1.80. The van der Waals surface area contributed by atoms with Crippen LogP contribution in [-0.2, 0) is 4.74 Å². The van der Waals surface area contributed by atoms with Crippen molar-refractivity contribution in [3.63, 3.8) is 0 Å². The van der Waals surface area contributed by atoms with Gasteiger partial charge in [-0.1, -0.05) is 11.8 Å². The Morgan fingerprint density at radius 2 is 2.00 bits per heavy atom. The Hall–Kier alpha value is -1.50. The van der Waals surface area contributed by atoms with Gasteiger partial charge in [0.15, 0.2) is 0 Å². The molecule has 1 atom stereocenters. The molecule has 2 N–H and O–H groups in total. The minimum Gasteiger partial charge on any atom is -0.491 e. The van der Waals surface area contributed by atoms with Crippen LogP contribution >= 0.6 is 0 Å². The van der Waals surface area contributed by atoms with Gasteiger partial charge in [0, 0.05) is 25.7 Å². The molecule has 0 aliphatic rings. The van der Waals surface area contributed by atoms with Crippen molar-refractivity contribution in [3.8, 4) is 17.6 Å². The summed E-state index contributed by atoms with van der Waals surface area (Å²) >= 11 is 0. The van der Waals surface area contributed by atoms with Crippen LogP contribution in [0.25, 0.3) is 0 Å². The van der Waals surface area contributed by atoms with Gasteiger partial charge in [0.2, 0.25) is 0 Å². The van der Waals surface area contributed by atoms with Gasteiger partial charge in [0.05, 0.1) is 12.6 Å². The standard InChI is InChI=1S/C14H19NO2/c1-12(9-11-16-2)17-14-7-5-13(6-8-14)4-3-10-15/h5-8,12H,9-11,15H2,1-2H3. The first-order valence-corrected chi connectivity index (χ1v) is 5.71. The number of hydrogen-bond donors (Lipinski definition) is 1. The maximum absolute atomic E-state index is 5.72. The Labute approximate surface area is 103 Å². The first kappa shape index (κ1) is 13.6. The summed E-state index contributed by atoms with van der Waals surface area (Å²) in [5, 5.41) is 0. The lowest BCUT2D eigenvalue weighted by atomic mass is 10.2. The maximum Gasteiger partial charge on any atom is 0.119 e. The molecule has 0 radical (unpaired) electrons. The van der Waals surface area contributed by atoms with Crippen LogP contribution in [0.1, 0.15) is 18.9 Å². The molecule has 1 unspecified atom stereocenters. The average molecular weight is 233 g/mol. The van der Waals surface area contributed by atoms with Gasteiger partial charge in [0.25, 0.3) is 0 Å². The third-order valence-corrected chi connectivity index (χ3v) is 2.25. The fourth-order valence-corrected chi connectivity index (χ4v) is 1.34. The minimum absolute atomic E-state index is 0.149. The van der Waals surface area contributed by atoms with Crippen molar-refractivity contribution < 1.29 is 9.47 Å². The van der Waals surface area contributed by atoms with Crippen molar-refractivity contribution in [2.45, 2.75) is 19.4 Å². The molecular formula is C14H19NO2. The van der Waals surface area contributed by atoms with Gasteiger partial charge < -0.3 is 15.2 Å². The molecule has 1 rings (SSSR count). The Kier molecular flexibility index (Phi) is 6.16. The van der Waals surface area contributed by atoms with Crippen LogP contribution in [0.4, 0.5) is 0 Å². The number of nitrogens with two attached hydrogens (primary N) is 1. The molecule has 0 aliphatic carbocycles. The lowest BCUT2D eigenvalue weighted by molar-refractivity contribution is 0.135. The van der Waals surface area contributed by atoms with E-state index in [-0.39, 0.29) is 6.10 Å². The highest BCUT2D eigenvalue weighted by Gasteiger charge is 2.03. The molecule has 0 saturated heterocycles. The van der Waals surface area contributed by atoms with Crippen molar-refractivity contribution >= 4 is 0 Å². The Balaban J connectivity index is 2.50. The molecule has 1 aromatic rings. The smallest absolute Gasteiger partial charge is 0.119 e. The van der Waals surface area contributed by atoms with Crippen LogP contribution in [0.2, 0.25) is 0 Å². The van der Waals surface area contributed by atoms with Crippen LogP contribution in [0, 0.1) is 11.8 Å². The largest absolute Gasteiger partial charge is 0.491 e. The van der Waals surface area contributed by atoms with Crippen LogP contribution in [0.5, 0.6) is 5.75 Å². The van der Waals surface area contributed by atoms with Gasteiger partial charge in [0.1, 0.15) is 5.75 Å². The third-order valence-electron chi connectivity index (χ3n) is 2.25. The molecule has 0 saturated carbocycles. The van der Waals surface area contributed by atoms with E-state index in [1.807, 2.05) is 31.2 Å². The monoisotopic (exact) mass is 233 g/mol. The molecule has 0 aromatic heterocycles. The average Bonchev–Trinajstić information content (AvgIpc) is 2.35. The van der Waals surface area contributed by atoms with Crippen molar-refractivity contribution in [1.29, 1.82) is 0 Å². The van der Waals surface area contributed by atoms with Gasteiger partial charge in [-0.2, -0.15) is 0 Å². The number of rotatable bonds is 5. The molecule has 3 heteroatoms. The van der Waals surface area contributed by atoms with Crippen LogP contribution in [0.3, 0.4) is 0 Å². The first-order chi connectivity index (χ1) is 8.26. The van der Waals surface area contributed by atoms with Crippen molar-refractivity contribution in [3.05, 3.63) is 29.8 Å². The van der Waals surface area contributed by atoms with Crippen LogP contribution in [-0.4, -0.2) is 26.4 Å². The van der Waals surface area contributed by atoms with Crippen molar-refractivity contribution in [1.82, 2.24) is 0 Å². The number of ether oxygens (including phenoxy) is 2. The molecule has 0 heterocycles. The summed E-state index contributed by atoms with van der Waals surface area (Å²) in [5.74, 6) is 6.64. The lowest BCUT2D eigenvalue weighted by Crippen LogP contribution is -2.14. The molecule has 0 amide bonds. The zero-order valence-corrected chi connectivity index (χ0v) is 10.4. The maximum atomic E-state index is 5.72. The van der Waals surface area contributed by atoms with E-state index in [1.165, 1.54) is 0 Å². The van der Waals surface area contributed by atoms with E-state index in [9.17, 15) is 0 Å². The first-order valence-electron chi connectivity index (χ1n) is 5.71. The van der Waals surface area contributed by atoms with Crippen LogP contribution in [0.15, 0.2) is 24.3 Å². The van der Waals surface area contributed by atoms with E-state index in [0.29, 0.717) is 13.2 Å². The topological polar surface area (TPSA) is 44.5 Å². The number of methoxy groups -OCH3 is 1. The number of benzene rings is 1. The molecule has 3 nitrogen and oxygen atoms in total. The van der Waals surface area contributed by atoms with Gasteiger partial charge in [-0.05, 0) is 31.2 Å². The molecule has 0 bridgehead atoms. The fourth-order valence-electron chi connectivity index (χ4n) is 1.34. The van der Waals surface area contributed by atoms with E-state index in [4.69, 9.17) is 15.2 Å². The van der Waals surface area contributed by atoms with Crippen molar-refractivity contribution in [2.24, 2.45) is 5.73 Å². The number of hydrogen-bond acceptors (Lipinski definition) is 3. The summed E-state index contributed by atoms with van der Waals surface area (Å²) in [4.78, 5) is 0. The Bertz CT molecular complexity index is 375. The van der Waals surface area contributed by atoms with Gasteiger partial charge >= 0.3 is 0 Å². The predicted molar refractivity (Wildman–Crippen MR) is 69.0 cm³/mol. The van der Waals surface area contributed by atoms with E-state index < -0.39 is 0 Å². The van der Waals surface area contributed by atoms with Crippen molar-refractivity contribution in [2.75, 3.05) is 20.3 Å². The highest BCUT2D eigenvalue weighted by atomic mass is 16.5. The fraction of sp³-hybridized carbons (Fsp3) is 0.429. The van der Waals surface area contributed by atoms with E-state index >= 15 is 0 Å². The molecule has 0 aliphatic heterocycles. The second-order valence-electron chi connectivity index (χ2n) is 3.74. The molecule has 1 aromatic carbocycles.